The molecule has 0 N–H and O–H groups in total. The van der Waals surface area contributed by atoms with Crippen LogP contribution in [0.4, 0.5) is 5.82 Å². The van der Waals surface area contributed by atoms with Gasteiger partial charge in [-0.25, -0.2) is 4.98 Å². The molecule has 0 spiro atoms. The van der Waals surface area contributed by atoms with Gasteiger partial charge in [0.15, 0.2) is 5.65 Å². The third kappa shape index (κ3) is 4.11. The van der Waals surface area contributed by atoms with Crippen LogP contribution in [-0.4, -0.2) is 40.5 Å². The highest BCUT2D eigenvalue weighted by molar-refractivity contribution is 6.30. The maximum atomic E-state index is 10.1. The molecule has 1 aliphatic rings. The molecule has 3 aromatic carbocycles. The molecule has 2 aromatic heterocycles. The van der Waals surface area contributed by atoms with Gasteiger partial charge >= 0.3 is 0 Å². The Bertz CT molecular complexity index is 1640. The Kier molecular flexibility index (Phi) is 6.53. The van der Waals surface area contributed by atoms with Crippen LogP contribution in [0.2, 0.25) is 5.02 Å². The van der Waals surface area contributed by atoms with Crippen molar-refractivity contribution in [2.75, 3.05) is 31.1 Å². The van der Waals surface area contributed by atoms with Crippen molar-refractivity contribution in [2.24, 2.45) is 0 Å². The van der Waals surface area contributed by atoms with E-state index in [4.69, 9.17) is 16.6 Å². The number of rotatable bonds is 5. The summed E-state index contributed by atoms with van der Waals surface area (Å²) >= 11 is 6.23. The van der Waals surface area contributed by atoms with Gasteiger partial charge in [0.1, 0.15) is 11.9 Å². The van der Waals surface area contributed by atoms with Crippen molar-refractivity contribution in [2.45, 2.75) is 26.3 Å². The zero-order valence-electron chi connectivity index (χ0n) is 21.7. The Labute approximate surface area is 228 Å². The second kappa shape index (κ2) is 10.1. The quantitative estimate of drug-likeness (QED) is 0.256. The summed E-state index contributed by atoms with van der Waals surface area (Å²) < 4.78 is 2.23. The number of fused-ring (bicyclic) bond motifs is 3. The van der Waals surface area contributed by atoms with Crippen molar-refractivity contribution < 1.29 is 0 Å². The fourth-order valence-corrected chi connectivity index (χ4v) is 6.13. The lowest BCUT2D eigenvalue weighted by Gasteiger charge is -2.41. The molecule has 1 saturated heterocycles. The van der Waals surface area contributed by atoms with Crippen LogP contribution in [-0.2, 0) is 6.42 Å². The van der Waals surface area contributed by atoms with Crippen LogP contribution in [0.25, 0.3) is 16.7 Å². The lowest BCUT2D eigenvalue weighted by Crippen LogP contribution is -2.48. The van der Waals surface area contributed by atoms with Gasteiger partial charge in [0, 0.05) is 31.2 Å². The summed E-state index contributed by atoms with van der Waals surface area (Å²) in [5.74, 6) is 1.18. The molecule has 1 fully saturated rings. The highest BCUT2D eigenvalue weighted by Gasteiger charge is 2.30. The number of nitrogens with zero attached hydrogens (tertiary/aromatic N) is 5. The minimum atomic E-state index is 0.165. The maximum absolute atomic E-state index is 10.1. The van der Waals surface area contributed by atoms with E-state index in [0.717, 1.165) is 59.9 Å². The molecular weight excluding hydrogens is 490 g/mol. The van der Waals surface area contributed by atoms with Crippen molar-refractivity contribution in [3.05, 3.63) is 112 Å². The van der Waals surface area contributed by atoms with E-state index in [1.54, 1.807) is 0 Å². The van der Waals surface area contributed by atoms with E-state index >= 15 is 0 Å². The summed E-state index contributed by atoms with van der Waals surface area (Å²) in [6.45, 7) is 7.85. The molecule has 0 bridgehead atoms. The minimum absolute atomic E-state index is 0.165. The zero-order chi connectivity index (χ0) is 26.2. The average Bonchev–Trinajstić information content (AvgIpc) is 3.33. The number of nitriles is 1. The third-order valence-corrected chi connectivity index (χ3v) is 8.09. The number of pyridine rings is 1. The van der Waals surface area contributed by atoms with E-state index < -0.39 is 0 Å². The van der Waals surface area contributed by atoms with Gasteiger partial charge in [-0.3, -0.25) is 9.30 Å². The van der Waals surface area contributed by atoms with Gasteiger partial charge in [-0.05, 0) is 59.9 Å². The van der Waals surface area contributed by atoms with Crippen LogP contribution in [0.5, 0.6) is 0 Å². The number of para-hydroxylation sites is 2. The zero-order valence-corrected chi connectivity index (χ0v) is 22.5. The lowest BCUT2D eigenvalue weighted by atomic mass is 9.96. The van der Waals surface area contributed by atoms with Crippen molar-refractivity contribution in [3.8, 4) is 6.07 Å². The molecule has 38 heavy (non-hydrogen) atoms. The number of hydrogen-bond acceptors (Lipinski definition) is 4. The molecule has 6 heteroatoms. The van der Waals surface area contributed by atoms with E-state index in [2.05, 4.69) is 82.6 Å². The highest BCUT2D eigenvalue weighted by Crippen LogP contribution is 2.36. The van der Waals surface area contributed by atoms with Gasteiger partial charge in [0.05, 0.1) is 22.6 Å². The van der Waals surface area contributed by atoms with Crippen LogP contribution >= 0.6 is 11.6 Å². The van der Waals surface area contributed by atoms with Crippen LogP contribution in [0.15, 0.2) is 78.9 Å². The predicted octanol–water partition coefficient (Wildman–Crippen LogP) is 6.80. The summed E-state index contributed by atoms with van der Waals surface area (Å²) in [5, 5.41) is 10.8. The first kappa shape index (κ1) is 24.5. The van der Waals surface area contributed by atoms with Gasteiger partial charge < -0.3 is 4.90 Å². The number of aromatic nitrogens is 2. The number of hydrogen-bond donors (Lipinski definition) is 0. The Morgan fingerprint density at radius 1 is 0.895 bits per heavy atom. The molecule has 5 nitrogen and oxygen atoms in total. The van der Waals surface area contributed by atoms with Crippen molar-refractivity contribution in [1.29, 1.82) is 5.26 Å². The van der Waals surface area contributed by atoms with Crippen LogP contribution in [0.1, 0.15) is 40.8 Å². The van der Waals surface area contributed by atoms with E-state index in [0.29, 0.717) is 5.56 Å². The second-order valence-electron chi connectivity index (χ2n) is 9.91. The van der Waals surface area contributed by atoms with Gasteiger partial charge in [-0.2, -0.15) is 5.26 Å². The number of benzene rings is 3. The first-order chi connectivity index (χ1) is 18.6. The van der Waals surface area contributed by atoms with Crippen molar-refractivity contribution in [1.82, 2.24) is 14.3 Å². The molecule has 0 amide bonds. The SMILES string of the molecule is CCc1c(C)c(C#N)c2nc3ccccc3n2c1N1CCN([C@H](c2ccccc2)c2ccc(Cl)cc2)CC1. The third-order valence-electron chi connectivity index (χ3n) is 7.84. The normalized spacial score (nSPS) is 15.2. The Morgan fingerprint density at radius 3 is 2.24 bits per heavy atom. The highest BCUT2D eigenvalue weighted by atomic mass is 35.5. The van der Waals surface area contributed by atoms with E-state index in [1.165, 1.54) is 22.5 Å². The largest absolute Gasteiger partial charge is 0.355 e. The van der Waals surface area contributed by atoms with Crippen molar-refractivity contribution >= 4 is 34.1 Å². The fourth-order valence-electron chi connectivity index (χ4n) is 6.01. The number of imidazole rings is 1. The van der Waals surface area contributed by atoms with Gasteiger partial charge in [-0.15, -0.1) is 0 Å². The molecule has 3 heterocycles. The predicted molar refractivity (Wildman–Crippen MR) is 155 cm³/mol. The summed E-state index contributed by atoms with van der Waals surface area (Å²) in [6, 6.07) is 29.8. The maximum Gasteiger partial charge on any atom is 0.157 e. The molecule has 1 aliphatic heterocycles. The minimum Gasteiger partial charge on any atom is -0.355 e. The molecule has 190 valence electrons. The molecule has 0 radical (unpaired) electrons. The lowest BCUT2D eigenvalue weighted by molar-refractivity contribution is 0.212. The molecule has 0 aliphatic carbocycles. The Hall–Kier alpha value is -3.85. The van der Waals surface area contributed by atoms with Gasteiger partial charge in [0.2, 0.25) is 0 Å². The van der Waals surface area contributed by atoms with Gasteiger partial charge in [0.25, 0.3) is 0 Å². The first-order valence-electron chi connectivity index (χ1n) is 13.2. The first-order valence-corrected chi connectivity index (χ1v) is 13.6. The summed E-state index contributed by atoms with van der Waals surface area (Å²) in [4.78, 5) is 9.96. The molecular formula is C32H30ClN5. The molecule has 1 atom stereocenters. The fraction of sp³-hybridized carbons (Fsp3) is 0.250. The Morgan fingerprint density at radius 2 is 1.55 bits per heavy atom. The molecule has 0 unspecified atom stereocenters. The summed E-state index contributed by atoms with van der Waals surface area (Å²) in [6.07, 6.45) is 0.857. The molecule has 6 rings (SSSR count). The number of halogens is 1. The second-order valence-corrected chi connectivity index (χ2v) is 10.4. The van der Waals surface area contributed by atoms with E-state index in [9.17, 15) is 5.26 Å². The summed E-state index contributed by atoms with van der Waals surface area (Å²) in [7, 11) is 0. The van der Waals surface area contributed by atoms with E-state index in [-0.39, 0.29) is 6.04 Å². The van der Waals surface area contributed by atoms with Crippen LogP contribution in [0.3, 0.4) is 0 Å². The standard InChI is InChI=1S/C32H30ClN5/c1-3-26-22(2)27(21-34)31-35-28-11-7-8-12-29(28)38(31)32(26)37-19-17-36(18-20-37)30(23-9-5-4-6-10-23)24-13-15-25(33)16-14-24/h4-16,30H,3,17-20H2,1-2H3/t30-/m1/s1. The summed E-state index contributed by atoms with van der Waals surface area (Å²) in [5.41, 5.74) is 8.20. The van der Waals surface area contributed by atoms with Crippen LogP contribution < -0.4 is 4.90 Å². The number of piperazine rings is 1. The topological polar surface area (TPSA) is 47.6 Å². The Balaban J connectivity index is 1.40. The van der Waals surface area contributed by atoms with Crippen LogP contribution in [0, 0.1) is 18.3 Å². The molecule has 0 saturated carbocycles. The monoisotopic (exact) mass is 519 g/mol. The smallest absolute Gasteiger partial charge is 0.157 e. The average molecular weight is 520 g/mol. The van der Waals surface area contributed by atoms with Crippen molar-refractivity contribution in [3.63, 3.8) is 0 Å². The number of anilines is 1. The van der Waals surface area contributed by atoms with E-state index in [1.807, 2.05) is 30.3 Å². The van der Waals surface area contributed by atoms with Gasteiger partial charge in [-0.1, -0.05) is 73.1 Å². The molecule has 5 aromatic rings.